The lowest BCUT2D eigenvalue weighted by molar-refractivity contribution is 0.0819. The van der Waals surface area contributed by atoms with Crippen LogP contribution in [-0.2, 0) is 4.74 Å². The van der Waals surface area contributed by atoms with Gasteiger partial charge in [0.25, 0.3) is 0 Å². The van der Waals surface area contributed by atoms with Gasteiger partial charge in [-0.05, 0) is 18.1 Å². The number of ether oxygens (including phenoxy) is 2. The molecular formula is C12H17BF3O2-. The van der Waals surface area contributed by atoms with Crippen molar-refractivity contribution >= 4 is 12.4 Å². The minimum Gasteiger partial charge on any atom is -0.491 e. The van der Waals surface area contributed by atoms with E-state index in [-0.39, 0.29) is 12.4 Å². The van der Waals surface area contributed by atoms with Crippen LogP contribution in [0.25, 0.3) is 0 Å². The highest BCUT2D eigenvalue weighted by atomic mass is 19.4. The summed E-state index contributed by atoms with van der Waals surface area (Å²) in [5, 5.41) is 0. The molecule has 0 spiro atoms. The van der Waals surface area contributed by atoms with Crippen molar-refractivity contribution in [1.29, 1.82) is 0 Å². The number of halogens is 3. The van der Waals surface area contributed by atoms with Crippen molar-refractivity contribution in [3.05, 3.63) is 24.3 Å². The van der Waals surface area contributed by atoms with E-state index >= 15 is 0 Å². The maximum atomic E-state index is 12.5. The van der Waals surface area contributed by atoms with Crippen LogP contribution < -0.4 is 10.2 Å². The molecule has 0 bridgehead atoms. The van der Waals surface area contributed by atoms with Gasteiger partial charge in [-0.2, -0.15) is 0 Å². The third kappa shape index (κ3) is 5.45. The number of benzene rings is 1. The maximum absolute atomic E-state index is 12.5. The van der Waals surface area contributed by atoms with Gasteiger partial charge in [0, 0.05) is 6.61 Å². The molecule has 0 aliphatic carbocycles. The van der Waals surface area contributed by atoms with E-state index in [2.05, 4.69) is 0 Å². The van der Waals surface area contributed by atoms with Crippen molar-refractivity contribution in [2.45, 2.75) is 13.8 Å². The van der Waals surface area contributed by atoms with Crippen molar-refractivity contribution in [3.63, 3.8) is 0 Å². The van der Waals surface area contributed by atoms with Crippen molar-refractivity contribution in [1.82, 2.24) is 0 Å². The molecule has 0 unspecified atom stereocenters. The minimum atomic E-state index is -4.97. The zero-order valence-corrected chi connectivity index (χ0v) is 10.5. The Morgan fingerprint density at radius 3 is 2.50 bits per heavy atom. The Hall–Kier alpha value is -1.17. The minimum absolute atomic E-state index is 0.222. The topological polar surface area (TPSA) is 18.5 Å². The first kappa shape index (κ1) is 14.9. The van der Waals surface area contributed by atoms with E-state index in [1.165, 1.54) is 12.1 Å². The van der Waals surface area contributed by atoms with E-state index in [4.69, 9.17) is 9.47 Å². The Bertz CT molecular complexity index is 367. The molecule has 0 heterocycles. The Morgan fingerprint density at radius 2 is 1.89 bits per heavy atom. The second-order valence-electron chi connectivity index (χ2n) is 4.46. The summed E-state index contributed by atoms with van der Waals surface area (Å²) in [6, 6.07) is 4.91. The van der Waals surface area contributed by atoms with Crippen LogP contribution in [0.1, 0.15) is 13.8 Å². The molecule has 18 heavy (non-hydrogen) atoms. The second kappa shape index (κ2) is 6.68. The van der Waals surface area contributed by atoms with Crippen LogP contribution in [0.2, 0.25) is 0 Å². The summed E-state index contributed by atoms with van der Waals surface area (Å²) in [7, 11) is 0. The summed E-state index contributed by atoms with van der Waals surface area (Å²) in [6.45, 7) is 0.321. The molecule has 102 valence electrons. The third-order valence-corrected chi connectivity index (χ3v) is 2.18. The number of hydrogen-bond acceptors (Lipinski definition) is 2. The fourth-order valence-corrected chi connectivity index (χ4v) is 1.35. The SMILES string of the molecule is CC(C)COCCOc1cccc([B-](F)(F)F)c1. The van der Waals surface area contributed by atoms with Gasteiger partial charge in [-0.1, -0.05) is 26.0 Å². The summed E-state index contributed by atoms with van der Waals surface area (Å²) >= 11 is 0. The van der Waals surface area contributed by atoms with Gasteiger partial charge in [-0.3, -0.25) is 0 Å². The summed E-state index contributed by atoms with van der Waals surface area (Å²) in [4.78, 5) is 0. The van der Waals surface area contributed by atoms with Gasteiger partial charge in [-0.25, -0.2) is 0 Å². The van der Waals surface area contributed by atoms with E-state index in [9.17, 15) is 12.9 Å². The Morgan fingerprint density at radius 1 is 1.17 bits per heavy atom. The van der Waals surface area contributed by atoms with Crippen molar-refractivity contribution in [3.8, 4) is 5.75 Å². The molecule has 0 saturated carbocycles. The summed E-state index contributed by atoms with van der Waals surface area (Å²) in [5.74, 6) is 0.654. The highest BCUT2D eigenvalue weighted by Crippen LogP contribution is 2.14. The molecule has 0 aliphatic rings. The van der Waals surface area contributed by atoms with Gasteiger partial charge in [0.05, 0.1) is 6.61 Å². The largest absolute Gasteiger partial charge is 0.509 e. The lowest BCUT2D eigenvalue weighted by Crippen LogP contribution is -2.33. The van der Waals surface area contributed by atoms with Crippen LogP contribution in [0.5, 0.6) is 5.75 Å². The van der Waals surface area contributed by atoms with Crippen molar-refractivity contribution in [2.24, 2.45) is 5.92 Å². The van der Waals surface area contributed by atoms with Gasteiger partial charge in [0.15, 0.2) is 0 Å². The molecule has 0 atom stereocenters. The average Bonchev–Trinajstić information content (AvgIpc) is 2.27. The Labute approximate surface area is 105 Å². The zero-order valence-electron chi connectivity index (χ0n) is 10.5. The first-order valence-corrected chi connectivity index (χ1v) is 5.90. The molecule has 0 amide bonds. The third-order valence-electron chi connectivity index (χ3n) is 2.18. The molecule has 0 radical (unpaired) electrons. The van der Waals surface area contributed by atoms with Gasteiger partial charge >= 0.3 is 6.98 Å². The summed E-state index contributed by atoms with van der Waals surface area (Å²) in [6.07, 6.45) is 0. The summed E-state index contributed by atoms with van der Waals surface area (Å²) in [5.41, 5.74) is -0.643. The smallest absolute Gasteiger partial charge is 0.491 e. The van der Waals surface area contributed by atoms with Crippen LogP contribution in [0.4, 0.5) is 12.9 Å². The molecule has 0 aromatic heterocycles. The van der Waals surface area contributed by atoms with E-state index in [0.717, 1.165) is 12.1 Å². The molecule has 0 aliphatic heterocycles. The van der Waals surface area contributed by atoms with E-state index in [1.807, 2.05) is 13.8 Å². The van der Waals surface area contributed by atoms with E-state index in [0.29, 0.717) is 19.1 Å². The standard InChI is InChI=1S/C12H17BF3O2/c1-10(2)9-17-6-7-18-12-5-3-4-11(8-12)13(14,15)16/h3-5,8,10H,6-7,9H2,1-2H3/q-1. The predicted molar refractivity (Wildman–Crippen MR) is 66.3 cm³/mol. The zero-order chi connectivity index (χ0) is 13.6. The number of rotatable bonds is 7. The molecule has 1 rings (SSSR count). The fourth-order valence-electron chi connectivity index (χ4n) is 1.35. The fraction of sp³-hybridized carbons (Fsp3) is 0.500. The molecule has 2 nitrogen and oxygen atoms in total. The quantitative estimate of drug-likeness (QED) is 0.555. The molecule has 0 N–H and O–H groups in total. The highest BCUT2D eigenvalue weighted by molar-refractivity contribution is 6.73. The van der Waals surface area contributed by atoms with Crippen molar-refractivity contribution in [2.75, 3.05) is 19.8 Å². The Balaban J connectivity index is 2.39. The second-order valence-corrected chi connectivity index (χ2v) is 4.46. The lowest BCUT2D eigenvalue weighted by Gasteiger charge is -2.16. The molecule has 1 aromatic carbocycles. The molecule has 6 heteroatoms. The molecular weight excluding hydrogens is 244 g/mol. The first-order valence-electron chi connectivity index (χ1n) is 5.90. The van der Waals surface area contributed by atoms with Gasteiger partial charge in [-0.15, -0.1) is 5.46 Å². The maximum Gasteiger partial charge on any atom is 0.509 e. The van der Waals surface area contributed by atoms with E-state index in [1.54, 1.807) is 0 Å². The van der Waals surface area contributed by atoms with Gasteiger partial charge < -0.3 is 22.4 Å². The average molecular weight is 261 g/mol. The van der Waals surface area contributed by atoms with Crippen LogP contribution >= 0.6 is 0 Å². The lowest BCUT2D eigenvalue weighted by atomic mass is 9.80. The van der Waals surface area contributed by atoms with Crippen molar-refractivity contribution < 1.29 is 22.4 Å². The van der Waals surface area contributed by atoms with Crippen LogP contribution in [0.3, 0.4) is 0 Å². The first-order chi connectivity index (χ1) is 8.39. The van der Waals surface area contributed by atoms with E-state index < -0.39 is 12.4 Å². The predicted octanol–water partition coefficient (Wildman–Crippen LogP) is 2.79. The summed E-state index contributed by atoms with van der Waals surface area (Å²) < 4.78 is 47.9. The number of hydrogen-bond donors (Lipinski definition) is 0. The van der Waals surface area contributed by atoms with Crippen LogP contribution in [-0.4, -0.2) is 26.8 Å². The normalized spacial score (nSPS) is 11.9. The van der Waals surface area contributed by atoms with Crippen LogP contribution in [0.15, 0.2) is 24.3 Å². The molecule has 1 aromatic rings. The Kier molecular flexibility index (Phi) is 5.53. The van der Waals surface area contributed by atoms with Crippen LogP contribution in [0, 0.1) is 5.92 Å². The van der Waals surface area contributed by atoms with Gasteiger partial charge in [0.1, 0.15) is 12.4 Å². The molecule has 0 fully saturated rings. The monoisotopic (exact) mass is 261 g/mol. The van der Waals surface area contributed by atoms with Gasteiger partial charge in [0.2, 0.25) is 0 Å². The molecule has 0 saturated heterocycles. The highest BCUT2D eigenvalue weighted by Gasteiger charge is 2.25.